The highest BCUT2D eigenvalue weighted by atomic mass is 35.5. The molecule has 0 unspecified atom stereocenters. The Kier molecular flexibility index (Phi) is 6.03. The minimum Gasteiger partial charge on any atom is -0.368 e. The third kappa shape index (κ3) is 5.27. The van der Waals surface area contributed by atoms with Crippen molar-refractivity contribution >= 4 is 23.4 Å². The van der Waals surface area contributed by atoms with Crippen LogP contribution in [0.1, 0.15) is 22.4 Å². The van der Waals surface area contributed by atoms with Crippen molar-refractivity contribution in [3.8, 4) is 0 Å². The van der Waals surface area contributed by atoms with Crippen molar-refractivity contribution in [3.63, 3.8) is 0 Å². The summed E-state index contributed by atoms with van der Waals surface area (Å²) >= 11 is 5.90. The topological polar surface area (TPSA) is 95.6 Å². The molecular weight excluding hydrogens is 364 g/mol. The van der Waals surface area contributed by atoms with Gasteiger partial charge in [-0.1, -0.05) is 17.7 Å². The molecule has 8 heteroatoms. The Labute approximate surface area is 162 Å². The number of halogens is 1. The van der Waals surface area contributed by atoms with Crippen LogP contribution in [0.3, 0.4) is 0 Å². The van der Waals surface area contributed by atoms with Crippen molar-refractivity contribution in [2.75, 3.05) is 23.7 Å². The quantitative estimate of drug-likeness (QED) is 0.542. The highest BCUT2D eigenvalue weighted by Crippen LogP contribution is 2.15. The van der Waals surface area contributed by atoms with Crippen LogP contribution in [0.15, 0.2) is 41.6 Å². The number of anilines is 2. The summed E-state index contributed by atoms with van der Waals surface area (Å²) in [6.07, 6.45) is 5.48. The van der Waals surface area contributed by atoms with Gasteiger partial charge in [0, 0.05) is 49.4 Å². The summed E-state index contributed by atoms with van der Waals surface area (Å²) in [4.78, 5) is 27.8. The van der Waals surface area contributed by atoms with Gasteiger partial charge in [0.1, 0.15) is 5.82 Å². The molecule has 0 atom stereocenters. The van der Waals surface area contributed by atoms with E-state index in [2.05, 4.69) is 30.6 Å². The predicted octanol–water partition coefficient (Wildman–Crippen LogP) is 2.94. The zero-order chi connectivity index (χ0) is 19.2. The van der Waals surface area contributed by atoms with E-state index in [9.17, 15) is 4.79 Å². The fraction of sp³-hybridized carbons (Fsp3) is 0.263. The van der Waals surface area contributed by atoms with Crippen molar-refractivity contribution in [1.29, 1.82) is 0 Å². The summed E-state index contributed by atoms with van der Waals surface area (Å²) in [6, 6.07) is 5.75. The van der Waals surface area contributed by atoms with E-state index in [1.54, 1.807) is 18.6 Å². The van der Waals surface area contributed by atoms with Crippen LogP contribution in [0, 0.1) is 13.8 Å². The van der Waals surface area contributed by atoms with E-state index in [1.807, 2.05) is 32.0 Å². The maximum absolute atomic E-state index is 12.2. The lowest BCUT2D eigenvalue weighted by Gasteiger charge is -2.10. The zero-order valence-corrected chi connectivity index (χ0v) is 16.0. The Bertz CT molecular complexity index is 971. The van der Waals surface area contributed by atoms with Gasteiger partial charge in [0.2, 0.25) is 5.95 Å². The minimum atomic E-state index is -0.156. The van der Waals surface area contributed by atoms with Gasteiger partial charge < -0.3 is 10.6 Å². The normalized spacial score (nSPS) is 10.6. The van der Waals surface area contributed by atoms with E-state index in [1.165, 1.54) is 0 Å². The molecule has 0 saturated heterocycles. The molecule has 0 radical (unpaired) electrons. The molecule has 3 aromatic rings. The van der Waals surface area contributed by atoms with Crippen LogP contribution in [-0.4, -0.2) is 33.0 Å². The lowest BCUT2D eigenvalue weighted by Crippen LogP contribution is -2.20. The number of aryl methyl sites for hydroxylation is 2. The third-order valence-electron chi connectivity index (χ3n) is 4.00. The molecule has 3 N–H and O–H groups in total. The van der Waals surface area contributed by atoms with Gasteiger partial charge in [-0.15, -0.1) is 0 Å². The van der Waals surface area contributed by atoms with Crippen LogP contribution in [0.2, 0.25) is 5.02 Å². The lowest BCUT2D eigenvalue weighted by atomic mass is 10.1. The minimum absolute atomic E-state index is 0.156. The average molecular weight is 385 g/mol. The first-order valence-electron chi connectivity index (χ1n) is 8.61. The zero-order valence-electron chi connectivity index (χ0n) is 15.2. The van der Waals surface area contributed by atoms with Gasteiger partial charge >= 0.3 is 0 Å². The van der Waals surface area contributed by atoms with Crippen molar-refractivity contribution in [3.05, 3.63) is 74.6 Å². The van der Waals surface area contributed by atoms with Gasteiger partial charge in [0.15, 0.2) is 0 Å². The van der Waals surface area contributed by atoms with Crippen LogP contribution in [0.5, 0.6) is 0 Å². The molecule has 3 aromatic heterocycles. The van der Waals surface area contributed by atoms with Crippen molar-refractivity contribution in [1.82, 2.24) is 19.9 Å². The van der Waals surface area contributed by atoms with E-state index in [4.69, 9.17) is 11.6 Å². The Morgan fingerprint density at radius 2 is 1.85 bits per heavy atom. The van der Waals surface area contributed by atoms with E-state index in [0.717, 1.165) is 22.6 Å². The number of hydrogen-bond acceptors (Lipinski definition) is 6. The maximum Gasteiger partial charge on any atom is 0.255 e. The molecule has 3 rings (SSSR count). The van der Waals surface area contributed by atoms with Crippen LogP contribution >= 0.6 is 11.6 Å². The van der Waals surface area contributed by atoms with Crippen molar-refractivity contribution in [2.24, 2.45) is 0 Å². The smallest absolute Gasteiger partial charge is 0.255 e. The van der Waals surface area contributed by atoms with Gasteiger partial charge in [-0.25, -0.2) is 9.97 Å². The molecule has 0 fully saturated rings. The number of nitrogens with one attached hydrogen (secondary N) is 3. The van der Waals surface area contributed by atoms with Gasteiger partial charge in [-0.05, 0) is 37.1 Å². The molecule has 27 heavy (non-hydrogen) atoms. The fourth-order valence-electron chi connectivity index (χ4n) is 2.55. The summed E-state index contributed by atoms with van der Waals surface area (Å²) < 4.78 is 0. The number of nitrogens with zero attached hydrogens (tertiary/aromatic N) is 3. The predicted molar refractivity (Wildman–Crippen MR) is 108 cm³/mol. The molecular formula is C19H21ClN6O. The number of pyridine rings is 2. The summed E-state index contributed by atoms with van der Waals surface area (Å²) in [5.41, 5.74) is 3.34. The first-order valence-corrected chi connectivity index (χ1v) is 8.98. The molecule has 0 aliphatic rings. The van der Waals surface area contributed by atoms with E-state index >= 15 is 0 Å². The summed E-state index contributed by atoms with van der Waals surface area (Å²) in [7, 11) is 0. The number of rotatable bonds is 7. The number of aromatic amines is 1. The highest BCUT2D eigenvalue weighted by molar-refractivity contribution is 6.30. The molecule has 0 aliphatic carbocycles. The molecule has 0 amide bonds. The molecule has 0 saturated carbocycles. The molecule has 7 nitrogen and oxygen atoms in total. The molecule has 0 bridgehead atoms. The van der Waals surface area contributed by atoms with Gasteiger partial charge in [0.05, 0.1) is 5.02 Å². The number of H-pyrrole nitrogens is 1. The summed E-state index contributed by atoms with van der Waals surface area (Å²) in [5, 5.41) is 6.91. The summed E-state index contributed by atoms with van der Waals surface area (Å²) in [5.74, 6) is 1.22. The first kappa shape index (κ1) is 18.8. The Morgan fingerprint density at radius 1 is 1.04 bits per heavy atom. The second-order valence-corrected chi connectivity index (χ2v) is 6.68. The Hall–Kier alpha value is -2.93. The van der Waals surface area contributed by atoms with Crippen LogP contribution in [-0.2, 0) is 6.42 Å². The Balaban J connectivity index is 1.53. The summed E-state index contributed by atoms with van der Waals surface area (Å²) in [6.45, 7) is 5.07. The van der Waals surface area contributed by atoms with Gasteiger partial charge in [-0.2, -0.15) is 0 Å². The largest absolute Gasteiger partial charge is 0.368 e. The molecule has 140 valence electrons. The van der Waals surface area contributed by atoms with Crippen LogP contribution in [0.4, 0.5) is 11.8 Å². The third-order valence-corrected chi connectivity index (χ3v) is 4.20. The standard InChI is InChI=1S/C19H21ClN6O/c1-12-7-16(20)11-24-17(12)21-5-6-22-19-25-10-15(18(27)26-19)8-14-4-3-13(2)23-9-14/h3-4,7,9-11H,5-6,8H2,1-2H3,(H,21,24)(H2,22,25,26,27). The molecule has 0 spiro atoms. The SMILES string of the molecule is Cc1ccc(Cc2cnc(NCCNc3ncc(Cl)cc3C)[nH]c2=O)cn1. The Morgan fingerprint density at radius 3 is 2.56 bits per heavy atom. The fourth-order valence-corrected chi connectivity index (χ4v) is 2.76. The second-order valence-electron chi connectivity index (χ2n) is 6.24. The lowest BCUT2D eigenvalue weighted by molar-refractivity contribution is 0.975. The van der Waals surface area contributed by atoms with Crippen molar-refractivity contribution < 1.29 is 0 Å². The van der Waals surface area contributed by atoms with Crippen LogP contribution in [0.25, 0.3) is 0 Å². The number of aromatic nitrogens is 4. The van der Waals surface area contributed by atoms with E-state index in [0.29, 0.717) is 36.0 Å². The highest BCUT2D eigenvalue weighted by Gasteiger charge is 2.05. The molecule has 0 aromatic carbocycles. The van der Waals surface area contributed by atoms with E-state index < -0.39 is 0 Å². The van der Waals surface area contributed by atoms with Crippen LogP contribution < -0.4 is 16.2 Å². The molecule has 3 heterocycles. The van der Waals surface area contributed by atoms with Crippen molar-refractivity contribution in [2.45, 2.75) is 20.3 Å². The maximum atomic E-state index is 12.2. The first-order chi connectivity index (χ1) is 13.0. The van der Waals surface area contributed by atoms with Gasteiger partial charge in [0.25, 0.3) is 5.56 Å². The monoisotopic (exact) mass is 384 g/mol. The van der Waals surface area contributed by atoms with E-state index in [-0.39, 0.29) is 5.56 Å². The molecule has 0 aliphatic heterocycles. The van der Waals surface area contributed by atoms with Gasteiger partial charge in [-0.3, -0.25) is 14.8 Å². The number of hydrogen-bond donors (Lipinski definition) is 3. The second kappa shape index (κ2) is 8.64. The average Bonchev–Trinajstić information content (AvgIpc) is 2.64.